The summed E-state index contributed by atoms with van der Waals surface area (Å²) in [5.74, 6) is 1.38. The van der Waals surface area contributed by atoms with Gasteiger partial charge in [0.15, 0.2) is 7.14 Å². The van der Waals surface area contributed by atoms with Gasteiger partial charge < -0.3 is 9.90 Å². The van der Waals surface area contributed by atoms with Crippen LogP contribution in [-0.2, 0) is 15.6 Å². The molecule has 0 aliphatic heterocycles. The number of halogens is 1. The molecular weight excluding hydrogens is 531 g/mol. The molecule has 2 aromatic carbocycles. The van der Waals surface area contributed by atoms with E-state index in [9.17, 15) is 9.90 Å². The van der Waals surface area contributed by atoms with Gasteiger partial charge in [0.2, 0.25) is 0 Å². The first-order valence-electron chi connectivity index (χ1n) is 12.9. The highest BCUT2D eigenvalue weighted by Crippen LogP contribution is 2.59. The second kappa shape index (κ2) is 9.59. The Morgan fingerprint density at radius 3 is 1.29 bits per heavy atom. The second-order valence-corrected chi connectivity index (χ2v) is 16.1. The van der Waals surface area contributed by atoms with Gasteiger partial charge in [-0.3, -0.25) is 0 Å². The number of aliphatic carboxylic acids is 1. The lowest BCUT2D eigenvalue weighted by atomic mass is 9.49. The summed E-state index contributed by atoms with van der Waals surface area (Å²) in [6.07, 6.45) is 6.65. The summed E-state index contributed by atoms with van der Waals surface area (Å²) in [6, 6.07) is 18.4. The summed E-state index contributed by atoms with van der Waals surface area (Å²) in [5, 5.41) is 11.1. The summed E-state index contributed by atoms with van der Waals surface area (Å²) >= 11 is -0.0703. The Labute approximate surface area is 217 Å². The molecule has 0 spiro atoms. The Morgan fingerprint density at radius 1 is 0.706 bits per heavy atom. The highest BCUT2D eigenvalue weighted by Gasteiger charge is 2.51. The van der Waals surface area contributed by atoms with Gasteiger partial charge in [0.05, 0.1) is 0 Å². The van der Waals surface area contributed by atoms with Crippen molar-refractivity contribution in [2.24, 2.45) is 23.2 Å². The van der Waals surface area contributed by atoms with Gasteiger partial charge in [-0.05, 0) is 103 Å². The lowest BCUT2D eigenvalue weighted by molar-refractivity contribution is -0.597. The van der Waals surface area contributed by atoms with Gasteiger partial charge in [0.1, 0.15) is 0 Å². The molecule has 2 aromatic rings. The van der Waals surface area contributed by atoms with E-state index in [0.717, 1.165) is 19.3 Å². The van der Waals surface area contributed by atoms with Crippen molar-refractivity contribution >= 4 is 5.97 Å². The summed E-state index contributed by atoms with van der Waals surface area (Å²) in [6.45, 7) is 13.6. The average molecular weight is 573 g/mol. The number of rotatable bonds is 3. The SMILES string of the molecule is CC(C)(C)c1ccc([I+]c2ccc(C(C)(C)C)cc2)cc1.O=C([O-])C12CC3CC(CC(C3)C1)C2. The van der Waals surface area contributed by atoms with Crippen LogP contribution in [0.15, 0.2) is 48.5 Å². The van der Waals surface area contributed by atoms with Crippen molar-refractivity contribution < 1.29 is 31.1 Å². The normalized spacial score (nSPS) is 27.8. The number of carbonyl (C=O) groups is 1. The molecular formula is C31H41IO2. The minimum Gasteiger partial charge on any atom is -0.550 e. The van der Waals surface area contributed by atoms with Gasteiger partial charge in [0, 0.05) is 11.4 Å². The molecule has 0 N–H and O–H groups in total. The van der Waals surface area contributed by atoms with E-state index in [4.69, 9.17) is 0 Å². The Balaban J connectivity index is 0.000000178. The predicted octanol–water partition coefficient (Wildman–Crippen LogP) is 3.36. The van der Waals surface area contributed by atoms with Crippen molar-refractivity contribution in [1.82, 2.24) is 0 Å². The summed E-state index contributed by atoms with van der Waals surface area (Å²) in [7, 11) is 0. The number of carboxylic acids is 1. The van der Waals surface area contributed by atoms with Crippen LogP contribution in [0.2, 0.25) is 0 Å². The van der Waals surface area contributed by atoms with Crippen LogP contribution in [0.4, 0.5) is 0 Å². The lowest BCUT2D eigenvalue weighted by Crippen LogP contribution is -3.61. The van der Waals surface area contributed by atoms with E-state index in [-0.39, 0.29) is 32.0 Å². The Morgan fingerprint density at radius 2 is 1.03 bits per heavy atom. The molecule has 0 aromatic heterocycles. The zero-order valence-corrected chi connectivity index (χ0v) is 23.9. The molecule has 4 bridgehead atoms. The number of hydrogen-bond acceptors (Lipinski definition) is 2. The number of carboxylic acid groups (broad SMARTS) is 1. The van der Waals surface area contributed by atoms with Crippen LogP contribution in [-0.4, -0.2) is 5.97 Å². The molecule has 184 valence electrons. The van der Waals surface area contributed by atoms with E-state index >= 15 is 0 Å². The minimum atomic E-state index is -0.758. The smallest absolute Gasteiger partial charge is 0.357 e. The molecule has 0 amide bonds. The fourth-order valence-corrected chi connectivity index (χ4v) is 8.67. The molecule has 0 heterocycles. The minimum absolute atomic E-state index is 0.0703. The standard InChI is InChI=1S/C20H26I.C11H16O2/c1-19(2,3)15-7-11-17(12-8-15)21-18-13-9-16(10-14-18)20(4,5)6;12-10(13)11-4-7-1-8(5-11)3-9(2-7)6-11/h7-14H,1-6H3;7-9H,1-6H2,(H,12,13)/q+1;/p-1. The quantitative estimate of drug-likeness (QED) is 0.530. The monoisotopic (exact) mass is 572 g/mol. The molecule has 0 unspecified atom stereocenters. The van der Waals surface area contributed by atoms with Gasteiger partial charge >= 0.3 is 21.2 Å². The highest BCUT2D eigenvalue weighted by molar-refractivity contribution is 5.73. The Kier molecular flexibility index (Phi) is 7.26. The average Bonchev–Trinajstić information content (AvgIpc) is 2.73. The molecule has 4 fully saturated rings. The summed E-state index contributed by atoms with van der Waals surface area (Å²) in [4.78, 5) is 11.1. The van der Waals surface area contributed by atoms with Crippen LogP contribution in [0.25, 0.3) is 0 Å². The molecule has 0 atom stereocenters. The number of benzene rings is 2. The van der Waals surface area contributed by atoms with Gasteiger partial charge in [-0.1, -0.05) is 65.8 Å². The van der Waals surface area contributed by atoms with E-state index in [1.54, 1.807) is 0 Å². The fraction of sp³-hybridized carbons (Fsp3) is 0.581. The number of carbonyl (C=O) groups excluding carboxylic acids is 1. The third-order valence-corrected chi connectivity index (χ3v) is 10.8. The van der Waals surface area contributed by atoms with Crippen LogP contribution < -0.4 is 26.3 Å². The first-order valence-corrected chi connectivity index (χ1v) is 15.1. The van der Waals surface area contributed by atoms with Crippen molar-refractivity contribution in [1.29, 1.82) is 0 Å². The topological polar surface area (TPSA) is 40.1 Å². The molecule has 2 nitrogen and oxygen atoms in total. The molecule has 4 aliphatic carbocycles. The van der Waals surface area contributed by atoms with E-state index in [1.807, 2.05) is 0 Å². The van der Waals surface area contributed by atoms with Crippen molar-refractivity contribution in [3.05, 3.63) is 66.8 Å². The van der Waals surface area contributed by atoms with Gasteiger partial charge in [-0.15, -0.1) is 0 Å². The molecule has 3 heteroatoms. The summed E-state index contributed by atoms with van der Waals surface area (Å²) in [5.41, 5.74) is 2.92. The van der Waals surface area contributed by atoms with Crippen molar-refractivity contribution in [2.45, 2.75) is 90.9 Å². The van der Waals surface area contributed by atoms with Crippen LogP contribution >= 0.6 is 0 Å². The van der Waals surface area contributed by atoms with Crippen LogP contribution in [0, 0.1) is 30.3 Å². The zero-order chi connectivity index (χ0) is 24.7. The first kappa shape index (κ1) is 25.7. The third-order valence-electron chi connectivity index (χ3n) is 8.11. The maximum atomic E-state index is 11.1. The van der Waals surface area contributed by atoms with Crippen molar-refractivity contribution in [3.8, 4) is 0 Å². The molecule has 4 aliphatic rings. The number of hydrogen-bond donors (Lipinski definition) is 0. The maximum Gasteiger partial charge on any atom is 0.357 e. The van der Waals surface area contributed by atoms with E-state index in [0.29, 0.717) is 17.8 Å². The third kappa shape index (κ3) is 5.88. The van der Waals surface area contributed by atoms with Gasteiger partial charge in [-0.2, -0.15) is 0 Å². The fourth-order valence-electron chi connectivity index (χ4n) is 6.51. The van der Waals surface area contributed by atoms with Crippen molar-refractivity contribution in [2.75, 3.05) is 0 Å². The maximum absolute atomic E-state index is 11.1. The first-order chi connectivity index (χ1) is 15.8. The van der Waals surface area contributed by atoms with Crippen LogP contribution in [0.3, 0.4) is 0 Å². The summed E-state index contributed by atoms with van der Waals surface area (Å²) < 4.78 is 2.98. The van der Waals surface area contributed by atoms with Gasteiger partial charge in [-0.25, -0.2) is 0 Å². The highest BCUT2D eigenvalue weighted by atomic mass is 127. The lowest BCUT2D eigenvalue weighted by Gasteiger charge is -2.57. The van der Waals surface area contributed by atoms with Crippen molar-refractivity contribution in [3.63, 3.8) is 0 Å². The predicted molar refractivity (Wildman–Crippen MR) is 133 cm³/mol. The second-order valence-electron chi connectivity index (χ2n) is 13.1. The Hall–Kier alpha value is -1.36. The van der Waals surface area contributed by atoms with Crippen LogP contribution in [0.5, 0.6) is 0 Å². The molecule has 4 saturated carbocycles. The molecule has 6 rings (SSSR count). The van der Waals surface area contributed by atoms with Gasteiger partial charge in [0.25, 0.3) is 0 Å². The molecule has 34 heavy (non-hydrogen) atoms. The van der Waals surface area contributed by atoms with E-state index < -0.39 is 11.4 Å². The Bertz CT molecular complexity index is 899. The largest absolute Gasteiger partial charge is 0.550 e. The molecule has 0 radical (unpaired) electrons. The zero-order valence-electron chi connectivity index (χ0n) is 21.8. The molecule has 0 saturated heterocycles. The van der Waals surface area contributed by atoms with E-state index in [1.165, 1.54) is 37.5 Å². The van der Waals surface area contributed by atoms with E-state index in [2.05, 4.69) is 90.1 Å². The van der Waals surface area contributed by atoms with Crippen LogP contribution in [0.1, 0.15) is 91.2 Å².